The minimum Gasteiger partial charge on any atom is -0.466 e. The minimum absolute atomic E-state index is 0.117. The van der Waals surface area contributed by atoms with Gasteiger partial charge in [-0.15, -0.1) is 0 Å². The number of esters is 1. The third-order valence-corrected chi connectivity index (χ3v) is 5.98. The Morgan fingerprint density at radius 3 is 2.59 bits per heavy atom. The van der Waals surface area contributed by atoms with E-state index in [1.165, 1.54) is 12.1 Å². The molecule has 3 heterocycles. The van der Waals surface area contributed by atoms with Crippen LogP contribution in [0.5, 0.6) is 0 Å². The molecule has 0 unspecified atom stereocenters. The van der Waals surface area contributed by atoms with Crippen molar-refractivity contribution in [1.82, 2.24) is 14.5 Å². The number of aromatic nitrogens is 3. The number of pyridine rings is 1. The van der Waals surface area contributed by atoms with Crippen LogP contribution >= 0.6 is 11.6 Å². The maximum absolute atomic E-state index is 13.3. The van der Waals surface area contributed by atoms with Gasteiger partial charge in [0.25, 0.3) is 0 Å². The van der Waals surface area contributed by atoms with E-state index in [0.29, 0.717) is 54.5 Å². The summed E-state index contributed by atoms with van der Waals surface area (Å²) in [4.78, 5) is 22.6. The number of benzene rings is 1. The number of hydrogen-bond acceptors (Lipinski definition) is 5. The molecule has 2 aromatic heterocycles. The summed E-state index contributed by atoms with van der Waals surface area (Å²) < 4.78 is 46.7. The van der Waals surface area contributed by atoms with Crippen LogP contribution in [0.25, 0.3) is 16.9 Å². The zero-order chi connectivity index (χ0) is 23.0. The lowest BCUT2D eigenvalue weighted by Gasteiger charge is -2.31. The lowest BCUT2D eigenvalue weighted by molar-refractivity contribution is -0.148. The van der Waals surface area contributed by atoms with Gasteiger partial charge >= 0.3 is 12.1 Å². The molecule has 0 amide bonds. The fraction of sp³-hybridized carbons (Fsp3) is 0.409. The van der Waals surface area contributed by atoms with Gasteiger partial charge in [0.15, 0.2) is 0 Å². The summed E-state index contributed by atoms with van der Waals surface area (Å²) in [7, 11) is 0. The van der Waals surface area contributed by atoms with E-state index < -0.39 is 11.9 Å². The molecular formula is C22H22ClF3N4O2. The molecule has 170 valence electrons. The van der Waals surface area contributed by atoms with Crippen molar-refractivity contribution in [3.8, 4) is 5.82 Å². The highest BCUT2D eigenvalue weighted by atomic mass is 35.5. The number of piperidine rings is 1. The van der Waals surface area contributed by atoms with E-state index in [9.17, 15) is 18.0 Å². The van der Waals surface area contributed by atoms with Crippen LogP contribution in [0.15, 0.2) is 30.3 Å². The number of carbonyl (C=O) groups is 1. The average molecular weight is 467 g/mol. The topological polar surface area (TPSA) is 60.2 Å². The second-order valence-electron chi connectivity index (χ2n) is 7.73. The standard InChI is InChI=1S/C22H22ClF3N4O2/c1-3-32-20(31)14-7-9-29(10-8-14)21-27-16-12-15(23)13(2)11-17(16)30(21)19-6-4-5-18(28-19)22(24,25)26/h4-6,11-12,14H,3,7-10H2,1-2H3. The van der Waals surface area contributed by atoms with E-state index in [2.05, 4.69) is 9.97 Å². The number of nitrogens with zero attached hydrogens (tertiary/aromatic N) is 4. The first-order valence-corrected chi connectivity index (χ1v) is 10.7. The zero-order valence-corrected chi connectivity index (χ0v) is 18.4. The Morgan fingerprint density at radius 2 is 1.94 bits per heavy atom. The van der Waals surface area contributed by atoms with Gasteiger partial charge in [0.1, 0.15) is 11.5 Å². The molecule has 32 heavy (non-hydrogen) atoms. The van der Waals surface area contributed by atoms with Crippen molar-refractivity contribution in [1.29, 1.82) is 0 Å². The van der Waals surface area contributed by atoms with E-state index >= 15 is 0 Å². The highest BCUT2D eigenvalue weighted by molar-refractivity contribution is 6.32. The first kappa shape index (κ1) is 22.4. The summed E-state index contributed by atoms with van der Waals surface area (Å²) in [6.45, 7) is 4.95. The number of imidazole rings is 1. The van der Waals surface area contributed by atoms with Crippen LogP contribution in [0.3, 0.4) is 0 Å². The van der Waals surface area contributed by atoms with Crippen LogP contribution in [-0.4, -0.2) is 40.2 Å². The largest absolute Gasteiger partial charge is 0.466 e. The Kier molecular flexibility index (Phi) is 6.03. The molecule has 0 radical (unpaired) electrons. The summed E-state index contributed by atoms with van der Waals surface area (Å²) in [6, 6.07) is 7.29. The second kappa shape index (κ2) is 8.61. The first-order valence-electron chi connectivity index (χ1n) is 10.3. The zero-order valence-electron chi connectivity index (χ0n) is 17.6. The van der Waals surface area contributed by atoms with Crippen LogP contribution in [-0.2, 0) is 15.7 Å². The number of anilines is 1. The van der Waals surface area contributed by atoms with Gasteiger partial charge in [0.05, 0.1) is 23.6 Å². The Labute approximate surface area is 188 Å². The van der Waals surface area contributed by atoms with Gasteiger partial charge in [-0.25, -0.2) is 9.97 Å². The molecule has 4 rings (SSSR count). The van der Waals surface area contributed by atoms with E-state index in [4.69, 9.17) is 16.3 Å². The molecule has 1 aromatic carbocycles. The quantitative estimate of drug-likeness (QED) is 0.496. The van der Waals surface area contributed by atoms with Gasteiger partial charge in [-0.1, -0.05) is 17.7 Å². The van der Waals surface area contributed by atoms with Gasteiger partial charge in [0.2, 0.25) is 5.95 Å². The van der Waals surface area contributed by atoms with E-state index in [0.717, 1.165) is 11.6 Å². The highest BCUT2D eigenvalue weighted by Gasteiger charge is 2.33. The van der Waals surface area contributed by atoms with Crippen molar-refractivity contribution in [2.75, 3.05) is 24.6 Å². The van der Waals surface area contributed by atoms with Crippen LogP contribution in [0.4, 0.5) is 19.1 Å². The molecule has 3 aromatic rings. The summed E-state index contributed by atoms with van der Waals surface area (Å²) in [6.07, 6.45) is -3.43. The fourth-order valence-corrected chi connectivity index (χ4v) is 4.07. The third kappa shape index (κ3) is 4.26. The summed E-state index contributed by atoms with van der Waals surface area (Å²) >= 11 is 6.27. The van der Waals surface area contributed by atoms with Crippen LogP contribution < -0.4 is 4.90 Å². The van der Waals surface area contributed by atoms with Crippen molar-refractivity contribution in [2.24, 2.45) is 5.92 Å². The number of alkyl halides is 3. The number of rotatable bonds is 4. The van der Waals surface area contributed by atoms with Crippen molar-refractivity contribution < 1.29 is 22.7 Å². The van der Waals surface area contributed by atoms with Gasteiger partial charge in [0, 0.05) is 18.1 Å². The van der Waals surface area contributed by atoms with Gasteiger partial charge in [-0.3, -0.25) is 9.36 Å². The maximum atomic E-state index is 13.3. The van der Waals surface area contributed by atoms with Crippen LogP contribution in [0.1, 0.15) is 31.0 Å². The van der Waals surface area contributed by atoms with Crippen LogP contribution in [0, 0.1) is 12.8 Å². The monoisotopic (exact) mass is 466 g/mol. The summed E-state index contributed by atoms with van der Waals surface area (Å²) in [5.74, 6) is 0.164. The average Bonchev–Trinajstić information content (AvgIpc) is 3.12. The molecule has 0 saturated carbocycles. The molecule has 1 saturated heterocycles. The first-order chi connectivity index (χ1) is 15.2. The number of hydrogen-bond donors (Lipinski definition) is 0. The molecular weight excluding hydrogens is 445 g/mol. The minimum atomic E-state index is -4.57. The van der Waals surface area contributed by atoms with Crippen molar-refractivity contribution in [3.05, 3.63) is 46.6 Å². The molecule has 1 aliphatic heterocycles. The van der Waals surface area contributed by atoms with Crippen molar-refractivity contribution in [3.63, 3.8) is 0 Å². The third-order valence-electron chi connectivity index (χ3n) is 5.57. The Balaban J connectivity index is 1.78. The van der Waals surface area contributed by atoms with E-state index in [-0.39, 0.29) is 17.7 Å². The summed E-state index contributed by atoms with van der Waals surface area (Å²) in [5, 5.41) is 0.520. The Morgan fingerprint density at radius 1 is 1.22 bits per heavy atom. The normalized spacial score (nSPS) is 15.4. The van der Waals surface area contributed by atoms with Gasteiger partial charge in [-0.2, -0.15) is 13.2 Å². The van der Waals surface area contributed by atoms with Gasteiger partial charge < -0.3 is 9.64 Å². The molecule has 0 aliphatic carbocycles. The lowest BCUT2D eigenvalue weighted by atomic mass is 9.97. The fourth-order valence-electron chi connectivity index (χ4n) is 3.91. The van der Waals surface area contributed by atoms with Crippen LogP contribution in [0.2, 0.25) is 5.02 Å². The van der Waals surface area contributed by atoms with Gasteiger partial charge in [-0.05, 0) is 56.5 Å². The predicted molar refractivity (Wildman–Crippen MR) is 115 cm³/mol. The molecule has 0 bridgehead atoms. The Bertz CT molecular complexity index is 1150. The predicted octanol–water partition coefficient (Wildman–Crippen LogP) is 5.18. The Hall–Kier alpha value is -2.81. The lowest BCUT2D eigenvalue weighted by Crippen LogP contribution is -2.38. The second-order valence-corrected chi connectivity index (χ2v) is 8.14. The summed E-state index contributed by atoms with van der Waals surface area (Å²) in [5.41, 5.74) is 0.970. The highest BCUT2D eigenvalue weighted by Crippen LogP contribution is 2.34. The van der Waals surface area contributed by atoms with Crippen molar-refractivity contribution >= 4 is 34.6 Å². The number of aryl methyl sites for hydroxylation is 1. The number of fused-ring (bicyclic) bond motifs is 1. The van der Waals surface area contributed by atoms with E-state index in [1.54, 1.807) is 23.6 Å². The number of halogens is 4. The van der Waals surface area contributed by atoms with E-state index in [1.807, 2.05) is 11.8 Å². The molecule has 6 nitrogen and oxygen atoms in total. The molecule has 0 spiro atoms. The maximum Gasteiger partial charge on any atom is 0.433 e. The molecule has 10 heteroatoms. The number of ether oxygens (including phenoxy) is 1. The SMILES string of the molecule is CCOC(=O)C1CCN(c2nc3cc(Cl)c(C)cc3n2-c2cccc(C(F)(F)F)n2)CC1. The molecule has 1 fully saturated rings. The molecule has 0 N–H and O–H groups in total. The van der Waals surface area contributed by atoms with Crippen molar-refractivity contribution in [2.45, 2.75) is 32.9 Å². The molecule has 0 atom stereocenters. The number of carbonyl (C=O) groups excluding carboxylic acids is 1. The molecule has 1 aliphatic rings. The smallest absolute Gasteiger partial charge is 0.433 e.